The third-order valence-electron chi connectivity index (χ3n) is 2.15. The van der Waals surface area contributed by atoms with Crippen LogP contribution in [0, 0.1) is 6.92 Å². The largest absolute Gasteiger partial charge is 0.455 e. The number of thioether (sulfide) groups is 1. The Morgan fingerprint density at radius 3 is 2.94 bits per heavy atom. The maximum atomic E-state index is 11.3. The van der Waals surface area contributed by atoms with Gasteiger partial charge in [-0.3, -0.25) is 10.2 Å². The van der Waals surface area contributed by atoms with Gasteiger partial charge in [0, 0.05) is 17.4 Å². The van der Waals surface area contributed by atoms with Crippen molar-refractivity contribution in [3.8, 4) is 0 Å². The van der Waals surface area contributed by atoms with Gasteiger partial charge in [-0.05, 0) is 13.0 Å². The summed E-state index contributed by atoms with van der Waals surface area (Å²) in [6, 6.07) is 1.85. The predicted octanol–water partition coefficient (Wildman–Crippen LogP) is 0.772. The molecule has 0 bridgehead atoms. The Labute approximate surface area is 98.9 Å². The highest BCUT2D eigenvalue weighted by atomic mass is 32.2. The first-order valence-electron chi connectivity index (χ1n) is 5.00. The van der Waals surface area contributed by atoms with Crippen LogP contribution in [0.3, 0.4) is 0 Å². The van der Waals surface area contributed by atoms with Gasteiger partial charge in [-0.2, -0.15) is 0 Å². The molecule has 1 rings (SSSR count). The van der Waals surface area contributed by atoms with Crippen LogP contribution < -0.4 is 17.0 Å². The molecule has 1 aromatic rings. The highest BCUT2D eigenvalue weighted by molar-refractivity contribution is 7.99. The first-order valence-corrected chi connectivity index (χ1v) is 6.05. The molecule has 6 heteroatoms. The van der Waals surface area contributed by atoms with Crippen LogP contribution in [0.1, 0.15) is 28.8 Å². The average molecular weight is 243 g/mol. The Bertz CT molecular complexity index is 365. The zero-order chi connectivity index (χ0) is 12.1. The molecule has 90 valence electrons. The van der Waals surface area contributed by atoms with Crippen LogP contribution in [0.2, 0.25) is 0 Å². The molecule has 16 heavy (non-hydrogen) atoms. The quantitative estimate of drug-likeness (QED) is 0.403. The molecular formula is C10H17N3O2S. The van der Waals surface area contributed by atoms with Crippen LogP contribution >= 0.6 is 11.8 Å². The Hall–Kier alpha value is -0.980. The molecule has 5 N–H and O–H groups in total. The second-order valence-corrected chi connectivity index (χ2v) is 4.98. The lowest BCUT2D eigenvalue weighted by atomic mass is 10.2. The van der Waals surface area contributed by atoms with Crippen LogP contribution in [0.5, 0.6) is 0 Å². The third-order valence-corrected chi connectivity index (χ3v) is 3.36. The molecule has 0 saturated carbocycles. The summed E-state index contributed by atoms with van der Waals surface area (Å²) in [6.45, 7) is 4.49. The standard InChI is InChI=1S/C10H17N3O2S/c1-6-3-8(5-16-7(2)4-11)15-9(6)10(14)13-12/h3,7H,4-5,11-12H2,1-2H3,(H,13,14). The molecule has 0 aliphatic rings. The van der Waals surface area contributed by atoms with Gasteiger partial charge in [0.2, 0.25) is 0 Å². The fourth-order valence-electron chi connectivity index (χ4n) is 1.20. The molecule has 5 nitrogen and oxygen atoms in total. The minimum absolute atomic E-state index is 0.276. The molecule has 1 aromatic heterocycles. The molecule has 0 radical (unpaired) electrons. The van der Waals surface area contributed by atoms with Gasteiger partial charge in [-0.1, -0.05) is 6.92 Å². The van der Waals surface area contributed by atoms with Crippen molar-refractivity contribution >= 4 is 17.7 Å². The van der Waals surface area contributed by atoms with Crippen LogP contribution in [-0.4, -0.2) is 17.7 Å². The number of hydrogen-bond acceptors (Lipinski definition) is 5. The number of rotatable bonds is 5. The van der Waals surface area contributed by atoms with Crippen LogP contribution in [0.25, 0.3) is 0 Å². The van der Waals surface area contributed by atoms with Crippen molar-refractivity contribution < 1.29 is 9.21 Å². The van der Waals surface area contributed by atoms with E-state index in [1.165, 1.54) is 0 Å². The lowest BCUT2D eigenvalue weighted by molar-refractivity contribution is 0.0923. The molecule has 1 heterocycles. The van der Waals surface area contributed by atoms with Crippen LogP contribution in [-0.2, 0) is 5.75 Å². The predicted molar refractivity (Wildman–Crippen MR) is 64.9 cm³/mol. The monoisotopic (exact) mass is 243 g/mol. The number of hydrazine groups is 1. The number of furan rings is 1. The van der Waals surface area contributed by atoms with Gasteiger partial charge in [0.15, 0.2) is 5.76 Å². The second kappa shape index (κ2) is 5.93. The average Bonchev–Trinajstić information content (AvgIpc) is 2.66. The van der Waals surface area contributed by atoms with Gasteiger partial charge in [0.25, 0.3) is 0 Å². The van der Waals surface area contributed by atoms with E-state index in [1.807, 2.05) is 19.9 Å². The van der Waals surface area contributed by atoms with Gasteiger partial charge in [-0.15, -0.1) is 11.8 Å². The molecule has 1 atom stereocenters. The normalized spacial score (nSPS) is 12.5. The van der Waals surface area contributed by atoms with Crippen molar-refractivity contribution in [2.75, 3.05) is 6.54 Å². The number of nitrogen functional groups attached to an aromatic ring is 1. The highest BCUT2D eigenvalue weighted by Crippen LogP contribution is 2.21. The minimum Gasteiger partial charge on any atom is -0.455 e. The molecular weight excluding hydrogens is 226 g/mol. The van der Waals surface area contributed by atoms with E-state index in [4.69, 9.17) is 16.0 Å². The first kappa shape index (κ1) is 13.1. The number of nitrogens with one attached hydrogen (secondary N) is 1. The fourth-order valence-corrected chi connectivity index (χ4v) is 1.93. The molecule has 0 spiro atoms. The van der Waals surface area contributed by atoms with Gasteiger partial charge >= 0.3 is 5.91 Å². The number of aryl methyl sites for hydroxylation is 1. The Morgan fingerprint density at radius 1 is 1.69 bits per heavy atom. The summed E-state index contributed by atoms with van der Waals surface area (Å²) in [5.74, 6) is 6.39. The fraction of sp³-hybridized carbons (Fsp3) is 0.500. The number of carbonyl (C=O) groups excluding carboxylic acids is 1. The molecule has 0 saturated heterocycles. The second-order valence-electron chi connectivity index (χ2n) is 3.56. The zero-order valence-corrected chi connectivity index (χ0v) is 10.3. The van der Waals surface area contributed by atoms with E-state index in [0.29, 0.717) is 17.5 Å². The van der Waals surface area contributed by atoms with E-state index in [9.17, 15) is 4.79 Å². The van der Waals surface area contributed by atoms with Gasteiger partial charge in [-0.25, -0.2) is 5.84 Å². The number of amides is 1. The van der Waals surface area contributed by atoms with E-state index >= 15 is 0 Å². The summed E-state index contributed by atoms with van der Waals surface area (Å²) < 4.78 is 5.41. The third kappa shape index (κ3) is 3.26. The molecule has 1 unspecified atom stereocenters. The molecule has 0 aromatic carbocycles. The zero-order valence-electron chi connectivity index (χ0n) is 9.45. The maximum absolute atomic E-state index is 11.3. The summed E-state index contributed by atoms with van der Waals surface area (Å²) in [5.41, 5.74) is 8.35. The van der Waals surface area contributed by atoms with E-state index in [1.54, 1.807) is 11.8 Å². The van der Waals surface area contributed by atoms with Gasteiger partial charge in [0.1, 0.15) is 5.76 Å². The Balaban J connectivity index is 2.66. The summed E-state index contributed by atoms with van der Waals surface area (Å²) in [7, 11) is 0. The van der Waals surface area contributed by atoms with Crippen molar-refractivity contribution in [1.82, 2.24) is 5.43 Å². The molecule has 0 fully saturated rings. The van der Waals surface area contributed by atoms with E-state index in [0.717, 1.165) is 11.3 Å². The summed E-state index contributed by atoms with van der Waals surface area (Å²) in [5, 5.41) is 0.372. The minimum atomic E-state index is -0.402. The topological polar surface area (TPSA) is 94.3 Å². The number of hydrogen-bond donors (Lipinski definition) is 3. The highest BCUT2D eigenvalue weighted by Gasteiger charge is 2.14. The summed E-state index contributed by atoms with van der Waals surface area (Å²) >= 11 is 1.69. The lowest BCUT2D eigenvalue weighted by Crippen LogP contribution is -2.30. The van der Waals surface area contributed by atoms with Crippen molar-refractivity contribution in [2.24, 2.45) is 11.6 Å². The van der Waals surface area contributed by atoms with Crippen LogP contribution in [0.4, 0.5) is 0 Å². The summed E-state index contributed by atoms with van der Waals surface area (Å²) in [6.07, 6.45) is 0. The summed E-state index contributed by atoms with van der Waals surface area (Å²) in [4.78, 5) is 11.3. The Kier molecular flexibility index (Phi) is 4.85. The van der Waals surface area contributed by atoms with Gasteiger partial charge in [0.05, 0.1) is 5.75 Å². The first-order chi connectivity index (χ1) is 7.58. The van der Waals surface area contributed by atoms with Crippen molar-refractivity contribution in [2.45, 2.75) is 24.9 Å². The lowest BCUT2D eigenvalue weighted by Gasteiger charge is -2.05. The number of nitrogens with two attached hydrogens (primary N) is 2. The molecule has 0 aliphatic carbocycles. The van der Waals surface area contributed by atoms with Crippen molar-refractivity contribution in [1.29, 1.82) is 0 Å². The smallest absolute Gasteiger partial charge is 0.301 e. The van der Waals surface area contributed by atoms with E-state index in [-0.39, 0.29) is 5.76 Å². The molecule has 1 amide bonds. The van der Waals surface area contributed by atoms with Gasteiger partial charge < -0.3 is 10.2 Å². The number of carbonyl (C=O) groups is 1. The van der Waals surface area contributed by atoms with Crippen LogP contribution in [0.15, 0.2) is 10.5 Å². The van der Waals surface area contributed by atoms with Crippen molar-refractivity contribution in [3.05, 3.63) is 23.2 Å². The molecule has 0 aliphatic heterocycles. The van der Waals surface area contributed by atoms with Crippen molar-refractivity contribution in [3.63, 3.8) is 0 Å². The Morgan fingerprint density at radius 2 is 2.38 bits per heavy atom. The van der Waals surface area contributed by atoms with E-state index < -0.39 is 5.91 Å². The SMILES string of the molecule is Cc1cc(CSC(C)CN)oc1C(=O)NN. The van der Waals surface area contributed by atoms with E-state index in [2.05, 4.69) is 5.43 Å². The maximum Gasteiger partial charge on any atom is 0.301 e.